The van der Waals surface area contributed by atoms with Crippen LogP contribution in [-0.4, -0.2) is 11.6 Å². The van der Waals surface area contributed by atoms with Gasteiger partial charge in [0.05, 0.1) is 0 Å². The van der Waals surface area contributed by atoms with Crippen LogP contribution in [0.15, 0.2) is 29.4 Å². The molecule has 1 amide bonds. The molecule has 0 saturated heterocycles. The minimum absolute atomic E-state index is 0.156. The van der Waals surface area contributed by atoms with Gasteiger partial charge in [0.15, 0.2) is 0 Å². The van der Waals surface area contributed by atoms with Crippen LogP contribution in [0.5, 0.6) is 0 Å². The number of nitrogens with zero attached hydrogens (tertiary/aromatic N) is 1. The number of carbonyl (C=O) groups is 1. The summed E-state index contributed by atoms with van der Waals surface area (Å²) < 4.78 is 0. The van der Waals surface area contributed by atoms with Gasteiger partial charge in [0.2, 0.25) is 0 Å². The van der Waals surface area contributed by atoms with Crippen molar-refractivity contribution in [1.29, 1.82) is 0 Å². The van der Waals surface area contributed by atoms with E-state index in [1.54, 1.807) is 6.07 Å². The first-order valence-electron chi connectivity index (χ1n) is 5.89. The smallest absolute Gasteiger partial charge is 0.267 e. The minimum atomic E-state index is -0.156. The number of carbonyl (C=O) groups excluding carboxylic acids is 1. The quantitative estimate of drug-likeness (QED) is 0.629. The molecular weight excluding hydrogens is 212 g/mol. The average molecular weight is 232 g/mol. The van der Waals surface area contributed by atoms with Crippen molar-refractivity contribution in [2.45, 2.75) is 34.1 Å². The van der Waals surface area contributed by atoms with E-state index in [1.165, 1.54) is 0 Å². The van der Waals surface area contributed by atoms with Crippen LogP contribution in [0.2, 0.25) is 0 Å². The zero-order valence-electron chi connectivity index (χ0n) is 10.9. The number of hydrogen-bond donors (Lipinski definition) is 1. The number of aryl methyl sites for hydroxylation is 1. The van der Waals surface area contributed by atoms with E-state index in [-0.39, 0.29) is 5.91 Å². The number of hydrazone groups is 1. The van der Waals surface area contributed by atoms with Gasteiger partial charge in [-0.3, -0.25) is 4.79 Å². The Balaban J connectivity index is 2.61. The highest BCUT2D eigenvalue weighted by molar-refractivity contribution is 5.95. The van der Waals surface area contributed by atoms with Crippen LogP contribution in [0.4, 0.5) is 0 Å². The number of nitrogens with one attached hydrogen (secondary N) is 1. The molecule has 0 fully saturated rings. The van der Waals surface area contributed by atoms with Crippen molar-refractivity contribution < 1.29 is 4.79 Å². The van der Waals surface area contributed by atoms with E-state index in [9.17, 15) is 4.79 Å². The molecule has 0 heterocycles. The van der Waals surface area contributed by atoms with Crippen molar-refractivity contribution in [3.8, 4) is 0 Å². The van der Waals surface area contributed by atoms with E-state index in [0.717, 1.165) is 17.7 Å². The summed E-state index contributed by atoms with van der Waals surface area (Å²) >= 11 is 0. The SMILES string of the molecule is C/C(CC(C)C)=N/NC(=O)c1cccc(C)c1. The third kappa shape index (κ3) is 4.81. The summed E-state index contributed by atoms with van der Waals surface area (Å²) in [6.07, 6.45) is 0.897. The first kappa shape index (κ1) is 13.4. The summed E-state index contributed by atoms with van der Waals surface area (Å²) in [7, 11) is 0. The van der Waals surface area contributed by atoms with Gasteiger partial charge in [-0.25, -0.2) is 5.43 Å². The van der Waals surface area contributed by atoms with Gasteiger partial charge >= 0.3 is 0 Å². The monoisotopic (exact) mass is 232 g/mol. The summed E-state index contributed by atoms with van der Waals surface area (Å²) in [4.78, 5) is 11.8. The molecule has 17 heavy (non-hydrogen) atoms. The van der Waals surface area contributed by atoms with Gasteiger partial charge in [-0.2, -0.15) is 5.10 Å². The Morgan fingerprint density at radius 2 is 2.12 bits per heavy atom. The van der Waals surface area contributed by atoms with Crippen LogP contribution in [0.25, 0.3) is 0 Å². The van der Waals surface area contributed by atoms with E-state index in [4.69, 9.17) is 0 Å². The molecule has 3 nitrogen and oxygen atoms in total. The number of benzene rings is 1. The molecule has 3 heteroatoms. The Labute approximate surface area is 103 Å². The van der Waals surface area contributed by atoms with Crippen LogP contribution in [-0.2, 0) is 0 Å². The molecule has 0 aliphatic heterocycles. The first-order chi connectivity index (χ1) is 7.99. The highest BCUT2D eigenvalue weighted by Crippen LogP contribution is 2.04. The zero-order valence-corrected chi connectivity index (χ0v) is 10.9. The molecule has 92 valence electrons. The van der Waals surface area contributed by atoms with Crippen LogP contribution in [0.1, 0.15) is 43.1 Å². The second-order valence-electron chi connectivity index (χ2n) is 4.76. The molecule has 0 aliphatic carbocycles. The van der Waals surface area contributed by atoms with E-state index in [2.05, 4.69) is 24.4 Å². The summed E-state index contributed by atoms with van der Waals surface area (Å²) in [5, 5.41) is 4.09. The van der Waals surface area contributed by atoms with Crippen LogP contribution in [0.3, 0.4) is 0 Å². The van der Waals surface area contributed by atoms with Crippen molar-refractivity contribution in [3.05, 3.63) is 35.4 Å². The maximum atomic E-state index is 11.8. The molecule has 0 radical (unpaired) electrons. The summed E-state index contributed by atoms with van der Waals surface area (Å²) in [5.74, 6) is 0.395. The predicted molar refractivity (Wildman–Crippen MR) is 71.2 cm³/mol. The fourth-order valence-electron chi connectivity index (χ4n) is 1.63. The van der Waals surface area contributed by atoms with Gasteiger partial charge in [-0.1, -0.05) is 31.5 Å². The predicted octanol–water partition coefficient (Wildman–Crippen LogP) is 3.15. The Morgan fingerprint density at radius 3 is 2.71 bits per heavy atom. The molecule has 0 aromatic heterocycles. The minimum Gasteiger partial charge on any atom is -0.267 e. The van der Waals surface area contributed by atoms with Gasteiger partial charge < -0.3 is 0 Å². The van der Waals surface area contributed by atoms with E-state index in [1.807, 2.05) is 32.0 Å². The maximum absolute atomic E-state index is 11.8. The Morgan fingerprint density at radius 1 is 1.41 bits per heavy atom. The van der Waals surface area contributed by atoms with Gasteiger partial charge in [0.25, 0.3) is 5.91 Å². The van der Waals surface area contributed by atoms with Gasteiger partial charge in [-0.15, -0.1) is 0 Å². The van der Waals surface area contributed by atoms with Crippen molar-refractivity contribution in [3.63, 3.8) is 0 Å². The average Bonchev–Trinajstić information content (AvgIpc) is 2.25. The van der Waals surface area contributed by atoms with Crippen molar-refractivity contribution in [2.24, 2.45) is 11.0 Å². The molecule has 0 saturated carbocycles. The lowest BCUT2D eigenvalue weighted by Crippen LogP contribution is -2.19. The van der Waals surface area contributed by atoms with Crippen molar-refractivity contribution in [2.75, 3.05) is 0 Å². The molecule has 1 aromatic rings. The van der Waals surface area contributed by atoms with Crippen molar-refractivity contribution in [1.82, 2.24) is 5.43 Å². The molecule has 1 aromatic carbocycles. The summed E-state index contributed by atoms with van der Waals surface area (Å²) in [6.45, 7) is 8.14. The molecule has 0 bridgehead atoms. The third-order valence-electron chi connectivity index (χ3n) is 2.33. The highest BCUT2D eigenvalue weighted by atomic mass is 16.2. The lowest BCUT2D eigenvalue weighted by Gasteiger charge is -2.05. The molecule has 0 aliphatic rings. The molecule has 0 atom stereocenters. The molecule has 1 rings (SSSR count). The lowest BCUT2D eigenvalue weighted by atomic mass is 10.1. The maximum Gasteiger partial charge on any atom is 0.271 e. The van der Waals surface area contributed by atoms with Gasteiger partial charge in [0, 0.05) is 11.3 Å². The van der Waals surface area contributed by atoms with Crippen LogP contribution < -0.4 is 5.43 Å². The zero-order chi connectivity index (χ0) is 12.8. The van der Waals surface area contributed by atoms with Crippen LogP contribution >= 0.6 is 0 Å². The van der Waals surface area contributed by atoms with E-state index < -0.39 is 0 Å². The largest absolute Gasteiger partial charge is 0.271 e. The summed E-state index contributed by atoms with van der Waals surface area (Å²) in [6, 6.07) is 7.47. The Hall–Kier alpha value is -1.64. The second kappa shape index (κ2) is 6.18. The topological polar surface area (TPSA) is 41.5 Å². The standard InChI is InChI=1S/C14H20N2O/c1-10(2)8-12(4)15-16-14(17)13-7-5-6-11(3)9-13/h5-7,9-10H,8H2,1-4H3,(H,16,17)/b15-12-. The van der Waals surface area contributed by atoms with E-state index in [0.29, 0.717) is 11.5 Å². The number of amides is 1. The molecular formula is C14H20N2O. The molecule has 0 unspecified atom stereocenters. The lowest BCUT2D eigenvalue weighted by molar-refractivity contribution is 0.0954. The van der Waals surface area contributed by atoms with Crippen LogP contribution in [0, 0.1) is 12.8 Å². The number of rotatable bonds is 4. The normalized spacial score (nSPS) is 11.7. The Kier molecular flexibility index (Phi) is 4.88. The number of hydrogen-bond acceptors (Lipinski definition) is 2. The highest BCUT2D eigenvalue weighted by Gasteiger charge is 2.04. The molecule has 1 N–H and O–H groups in total. The van der Waals surface area contributed by atoms with Gasteiger partial charge in [-0.05, 0) is 38.3 Å². The fraction of sp³-hybridized carbons (Fsp3) is 0.429. The molecule has 0 spiro atoms. The Bertz CT molecular complexity index is 422. The third-order valence-corrected chi connectivity index (χ3v) is 2.33. The fourth-order valence-corrected chi connectivity index (χ4v) is 1.63. The first-order valence-corrected chi connectivity index (χ1v) is 5.89. The van der Waals surface area contributed by atoms with Gasteiger partial charge in [0.1, 0.15) is 0 Å². The second-order valence-corrected chi connectivity index (χ2v) is 4.76. The van der Waals surface area contributed by atoms with Crippen molar-refractivity contribution >= 4 is 11.6 Å². The summed E-state index contributed by atoms with van der Waals surface area (Å²) in [5.41, 5.74) is 5.24. The van der Waals surface area contributed by atoms with E-state index >= 15 is 0 Å².